The zero-order chi connectivity index (χ0) is 22.5. The molecule has 1 aliphatic heterocycles. The van der Waals surface area contributed by atoms with Gasteiger partial charge in [0.1, 0.15) is 5.60 Å². The van der Waals surface area contributed by atoms with Crippen molar-refractivity contribution >= 4 is 42.0 Å². The van der Waals surface area contributed by atoms with Gasteiger partial charge in [0.2, 0.25) is 5.95 Å². The number of nitrogens with zero attached hydrogens (tertiary/aromatic N) is 5. The van der Waals surface area contributed by atoms with E-state index in [2.05, 4.69) is 40.7 Å². The Morgan fingerprint density at radius 2 is 1.62 bits per heavy atom. The highest BCUT2D eigenvalue weighted by molar-refractivity contribution is 14.0. The number of amides is 1. The maximum Gasteiger partial charge on any atom is 0.407 e. The van der Waals surface area contributed by atoms with Gasteiger partial charge in [0.15, 0.2) is 5.96 Å². The Morgan fingerprint density at radius 1 is 1.03 bits per heavy atom. The SMILES string of the molecule is CN=C(NCCCNC(=O)OC(C)(C)C)NCCCN1CCN(c2ncccn2)CC1.I. The summed E-state index contributed by atoms with van der Waals surface area (Å²) in [6.07, 6.45) is 5.03. The molecule has 1 fully saturated rings. The van der Waals surface area contributed by atoms with Gasteiger partial charge in [-0.3, -0.25) is 9.89 Å². The molecular formula is C21H39IN8O2. The number of aliphatic imine (C=N–C) groups is 1. The van der Waals surface area contributed by atoms with Gasteiger partial charge >= 0.3 is 6.09 Å². The first kappa shape index (κ1) is 28.1. The normalized spacial score (nSPS) is 15.0. The minimum atomic E-state index is -0.474. The topological polar surface area (TPSA) is 107 Å². The molecule has 0 aliphatic carbocycles. The van der Waals surface area contributed by atoms with Gasteiger partial charge in [-0.25, -0.2) is 14.8 Å². The Labute approximate surface area is 209 Å². The van der Waals surface area contributed by atoms with Crippen molar-refractivity contribution in [3.05, 3.63) is 18.5 Å². The Morgan fingerprint density at radius 3 is 2.22 bits per heavy atom. The van der Waals surface area contributed by atoms with E-state index >= 15 is 0 Å². The molecule has 0 saturated carbocycles. The van der Waals surface area contributed by atoms with Gasteiger partial charge in [-0.2, -0.15) is 0 Å². The second-order valence-electron chi connectivity index (χ2n) is 8.44. The molecule has 11 heteroatoms. The largest absolute Gasteiger partial charge is 0.444 e. The number of rotatable bonds is 9. The van der Waals surface area contributed by atoms with Crippen molar-refractivity contribution in [3.8, 4) is 0 Å². The van der Waals surface area contributed by atoms with Crippen molar-refractivity contribution in [1.82, 2.24) is 30.8 Å². The van der Waals surface area contributed by atoms with Crippen molar-refractivity contribution in [2.45, 2.75) is 39.2 Å². The van der Waals surface area contributed by atoms with Gasteiger partial charge in [-0.05, 0) is 46.2 Å². The van der Waals surface area contributed by atoms with Crippen molar-refractivity contribution in [2.75, 3.05) is 64.3 Å². The number of alkyl carbamates (subject to hydrolysis) is 1. The first-order valence-corrected chi connectivity index (χ1v) is 11.0. The summed E-state index contributed by atoms with van der Waals surface area (Å²) in [6.45, 7) is 12.7. The highest BCUT2D eigenvalue weighted by atomic mass is 127. The number of carbonyl (C=O) groups is 1. The lowest BCUT2D eigenvalue weighted by Gasteiger charge is -2.34. The van der Waals surface area contributed by atoms with E-state index in [1.165, 1.54) is 0 Å². The highest BCUT2D eigenvalue weighted by Gasteiger charge is 2.18. The van der Waals surface area contributed by atoms with E-state index in [9.17, 15) is 4.79 Å². The maximum absolute atomic E-state index is 11.6. The van der Waals surface area contributed by atoms with Crippen LogP contribution in [0.5, 0.6) is 0 Å². The van der Waals surface area contributed by atoms with Gasteiger partial charge in [0, 0.05) is 65.3 Å². The summed E-state index contributed by atoms with van der Waals surface area (Å²) in [6, 6.07) is 1.84. The molecule has 32 heavy (non-hydrogen) atoms. The van der Waals surface area contributed by atoms with E-state index in [4.69, 9.17) is 4.74 Å². The smallest absolute Gasteiger partial charge is 0.407 e. The number of carbonyl (C=O) groups excluding carboxylic acids is 1. The van der Waals surface area contributed by atoms with Crippen LogP contribution in [0.1, 0.15) is 33.6 Å². The van der Waals surface area contributed by atoms with Crippen molar-refractivity contribution in [1.29, 1.82) is 0 Å². The molecule has 2 heterocycles. The molecule has 182 valence electrons. The Balaban J connectivity index is 0.00000512. The summed E-state index contributed by atoms with van der Waals surface area (Å²) >= 11 is 0. The molecule has 3 N–H and O–H groups in total. The lowest BCUT2D eigenvalue weighted by atomic mass is 10.2. The van der Waals surface area contributed by atoms with Crippen molar-refractivity contribution < 1.29 is 9.53 Å². The lowest BCUT2D eigenvalue weighted by molar-refractivity contribution is 0.0527. The van der Waals surface area contributed by atoms with E-state index < -0.39 is 5.60 Å². The molecule has 1 aliphatic rings. The Kier molecular flexibility index (Phi) is 13.2. The third-order valence-corrected chi connectivity index (χ3v) is 4.69. The van der Waals surface area contributed by atoms with Crippen molar-refractivity contribution in [3.63, 3.8) is 0 Å². The molecule has 2 rings (SSSR count). The fraction of sp³-hybridized carbons (Fsp3) is 0.714. The number of piperazine rings is 1. The van der Waals surface area contributed by atoms with Crippen LogP contribution in [0.3, 0.4) is 0 Å². The Bertz CT molecular complexity index is 676. The first-order valence-electron chi connectivity index (χ1n) is 11.0. The van der Waals surface area contributed by atoms with E-state index in [1.807, 2.05) is 26.8 Å². The van der Waals surface area contributed by atoms with Crippen LogP contribution in [0.4, 0.5) is 10.7 Å². The molecule has 0 aromatic carbocycles. The summed E-state index contributed by atoms with van der Waals surface area (Å²) in [5, 5.41) is 9.37. The monoisotopic (exact) mass is 562 g/mol. The molecule has 0 spiro atoms. The zero-order valence-corrected chi connectivity index (χ0v) is 22.1. The molecule has 0 bridgehead atoms. The average Bonchev–Trinajstić information content (AvgIpc) is 2.74. The van der Waals surface area contributed by atoms with E-state index in [0.717, 1.165) is 70.6 Å². The number of nitrogens with one attached hydrogen (secondary N) is 3. The molecule has 10 nitrogen and oxygen atoms in total. The quantitative estimate of drug-likeness (QED) is 0.181. The molecule has 0 unspecified atom stereocenters. The summed E-state index contributed by atoms with van der Waals surface area (Å²) in [4.78, 5) is 29.2. The summed E-state index contributed by atoms with van der Waals surface area (Å²) < 4.78 is 5.21. The van der Waals surface area contributed by atoms with Crippen LogP contribution < -0.4 is 20.9 Å². The predicted octanol–water partition coefficient (Wildman–Crippen LogP) is 1.69. The molecule has 1 saturated heterocycles. The highest BCUT2D eigenvalue weighted by Crippen LogP contribution is 2.09. The fourth-order valence-corrected chi connectivity index (χ4v) is 3.16. The van der Waals surface area contributed by atoms with Gasteiger partial charge in [-0.15, -0.1) is 24.0 Å². The molecule has 0 atom stereocenters. The Hall–Kier alpha value is -1.89. The zero-order valence-electron chi connectivity index (χ0n) is 19.8. The molecule has 0 radical (unpaired) electrons. The van der Waals surface area contributed by atoms with Crippen LogP contribution in [0, 0.1) is 0 Å². The van der Waals surface area contributed by atoms with E-state index in [1.54, 1.807) is 19.4 Å². The standard InChI is InChI=1S/C21H38N8O2.HI/c1-21(2,3)31-20(30)27-11-5-8-23-18(22-4)24-12-7-13-28-14-16-29(17-15-28)19-25-9-6-10-26-19;/h6,9-10H,5,7-8,11-17H2,1-4H3,(H,27,30)(H2,22,23,24);1H. The second-order valence-corrected chi connectivity index (χ2v) is 8.44. The average molecular weight is 563 g/mol. The summed E-state index contributed by atoms with van der Waals surface area (Å²) in [5.74, 6) is 1.60. The molecule has 1 amide bonds. The van der Waals surface area contributed by atoms with Gasteiger partial charge in [0.05, 0.1) is 0 Å². The van der Waals surface area contributed by atoms with Gasteiger partial charge in [-0.1, -0.05) is 0 Å². The number of hydrogen-bond acceptors (Lipinski definition) is 7. The molecule has 1 aromatic heterocycles. The third-order valence-electron chi connectivity index (χ3n) is 4.69. The number of halogens is 1. The van der Waals surface area contributed by atoms with Gasteiger partial charge in [0.25, 0.3) is 0 Å². The predicted molar refractivity (Wildman–Crippen MR) is 139 cm³/mol. The van der Waals surface area contributed by atoms with Crippen LogP contribution in [0.25, 0.3) is 0 Å². The second kappa shape index (κ2) is 15.0. The lowest BCUT2D eigenvalue weighted by Crippen LogP contribution is -2.47. The van der Waals surface area contributed by atoms with Crippen LogP contribution in [0.2, 0.25) is 0 Å². The molecule has 1 aromatic rings. The first-order chi connectivity index (χ1) is 14.9. The van der Waals surface area contributed by atoms with Crippen LogP contribution >= 0.6 is 24.0 Å². The van der Waals surface area contributed by atoms with Crippen LogP contribution in [0.15, 0.2) is 23.5 Å². The number of anilines is 1. The third kappa shape index (κ3) is 11.7. The summed E-state index contributed by atoms with van der Waals surface area (Å²) in [5.41, 5.74) is -0.474. The maximum atomic E-state index is 11.6. The number of guanidine groups is 1. The minimum Gasteiger partial charge on any atom is -0.444 e. The van der Waals surface area contributed by atoms with E-state index in [-0.39, 0.29) is 30.1 Å². The number of hydrogen-bond donors (Lipinski definition) is 3. The summed E-state index contributed by atoms with van der Waals surface area (Å²) in [7, 11) is 1.76. The van der Waals surface area contributed by atoms with Crippen molar-refractivity contribution in [2.24, 2.45) is 4.99 Å². The van der Waals surface area contributed by atoms with Crippen LogP contribution in [-0.2, 0) is 4.74 Å². The van der Waals surface area contributed by atoms with Gasteiger partial charge < -0.3 is 25.6 Å². The number of aromatic nitrogens is 2. The van der Waals surface area contributed by atoms with E-state index in [0.29, 0.717) is 6.54 Å². The molecular weight excluding hydrogens is 523 g/mol. The minimum absolute atomic E-state index is 0. The fourth-order valence-electron chi connectivity index (χ4n) is 3.16. The number of ether oxygens (including phenoxy) is 1. The van der Waals surface area contributed by atoms with Crippen LogP contribution in [-0.4, -0.2) is 91.9 Å².